The third-order valence-corrected chi connectivity index (χ3v) is 4.62. The first kappa shape index (κ1) is 18.8. The Morgan fingerprint density at radius 3 is 2.59 bits per heavy atom. The number of hydrogen-bond acceptors (Lipinski definition) is 4. The van der Waals surface area contributed by atoms with Gasteiger partial charge in [0, 0.05) is 12.2 Å². The van der Waals surface area contributed by atoms with Crippen LogP contribution in [0.2, 0.25) is 0 Å². The first-order chi connectivity index (χ1) is 13.1. The van der Waals surface area contributed by atoms with E-state index < -0.39 is 0 Å². The molecule has 0 bridgehead atoms. The third-order valence-electron chi connectivity index (χ3n) is 4.62. The average molecular weight is 368 g/mol. The van der Waals surface area contributed by atoms with E-state index in [2.05, 4.69) is 5.32 Å². The lowest BCUT2D eigenvalue weighted by atomic mass is 9.95. The molecule has 2 aromatic carbocycles. The molecule has 1 saturated heterocycles. The average Bonchev–Trinajstić information content (AvgIpc) is 2.63. The molecule has 3 rings (SSSR count). The standard InChI is InChI=1S/C21H24N2O4/c1-3-27-20(24)13-15-7-9-17(10-8-15)22-21(25)23-12-11-19(23)16-5-4-6-18(14-16)26-2/h4-10,14,19H,3,11-13H2,1-2H3,(H,22,25)/t19-/m0/s1. The number of nitrogens with zero attached hydrogens (tertiary/aromatic N) is 1. The lowest BCUT2D eigenvalue weighted by Crippen LogP contribution is -2.47. The van der Waals surface area contributed by atoms with E-state index in [1.165, 1.54) is 0 Å². The Morgan fingerprint density at radius 1 is 1.19 bits per heavy atom. The monoisotopic (exact) mass is 368 g/mol. The summed E-state index contributed by atoms with van der Waals surface area (Å²) in [5.41, 5.74) is 2.62. The molecule has 27 heavy (non-hydrogen) atoms. The lowest BCUT2D eigenvalue weighted by molar-refractivity contribution is -0.142. The molecule has 2 aromatic rings. The van der Waals surface area contributed by atoms with Gasteiger partial charge < -0.3 is 19.7 Å². The summed E-state index contributed by atoms with van der Waals surface area (Å²) in [5.74, 6) is 0.535. The molecule has 1 aliphatic heterocycles. The Labute approximate surface area is 159 Å². The maximum atomic E-state index is 12.6. The molecule has 1 aliphatic rings. The molecule has 0 unspecified atom stereocenters. The smallest absolute Gasteiger partial charge is 0.322 e. The number of esters is 1. The van der Waals surface area contributed by atoms with Crippen molar-refractivity contribution in [1.29, 1.82) is 0 Å². The van der Waals surface area contributed by atoms with Gasteiger partial charge in [0.15, 0.2) is 0 Å². The summed E-state index contributed by atoms with van der Waals surface area (Å²) in [6, 6.07) is 15.0. The number of hydrogen-bond donors (Lipinski definition) is 1. The molecule has 6 nitrogen and oxygen atoms in total. The summed E-state index contributed by atoms with van der Waals surface area (Å²) in [4.78, 5) is 25.9. The Balaban J connectivity index is 1.59. The highest BCUT2D eigenvalue weighted by atomic mass is 16.5. The van der Waals surface area contributed by atoms with E-state index >= 15 is 0 Å². The van der Waals surface area contributed by atoms with E-state index in [1.54, 1.807) is 31.1 Å². The Kier molecular flexibility index (Phi) is 5.96. The summed E-state index contributed by atoms with van der Waals surface area (Å²) in [6.07, 6.45) is 1.16. The highest BCUT2D eigenvalue weighted by molar-refractivity contribution is 5.90. The van der Waals surface area contributed by atoms with E-state index in [0.717, 1.165) is 23.3 Å². The molecule has 1 atom stereocenters. The number of carbonyl (C=O) groups excluding carboxylic acids is 2. The van der Waals surface area contributed by atoms with Crippen LogP contribution in [0.15, 0.2) is 48.5 Å². The number of amides is 2. The van der Waals surface area contributed by atoms with Crippen molar-refractivity contribution in [2.75, 3.05) is 25.6 Å². The van der Waals surface area contributed by atoms with Crippen LogP contribution in [0.1, 0.15) is 30.5 Å². The van der Waals surface area contributed by atoms with Crippen molar-refractivity contribution in [1.82, 2.24) is 4.90 Å². The maximum Gasteiger partial charge on any atom is 0.322 e. The number of nitrogens with one attached hydrogen (secondary N) is 1. The van der Waals surface area contributed by atoms with Gasteiger partial charge >= 0.3 is 12.0 Å². The molecular weight excluding hydrogens is 344 g/mol. The van der Waals surface area contributed by atoms with Crippen LogP contribution in [0.25, 0.3) is 0 Å². The number of ether oxygens (including phenoxy) is 2. The van der Waals surface area contributed by atoms with Gasteiger partial charge in [-0.15, -0.1) is 0 Å². The molecule has 2 amide bonds. The molecule has 6 heteroatoms. The van der Waals surface area contributed by atoms with Gasteiger partial charge in [0.25, 0.3) is 0 Å². The minimum absolute atomic E-state index is 0.0585. The fourth-order valence-electron chi connectivity index (χ4n) is 3.11. The quantitative estimate of drug-likeness (QED) is 0.788. The van der Waals surface area contributed by atoms with Crippen LogP contribution in [0.5, 0.6) is 5.75 Å². The molecular formula is C21H24N2O4. The molecule has 142 valence electrons. The summed E-state index contributed by atoms with van der Waals surface area (Å²) >= 11 is 0. The second-order valence-corrected chi connectivity index (χ2v) is 6.38. The minimum atomic E-state index is -0.254. The van der Waals surface area contributed by atoms with Crippen LogP contribution in [0.3, 0.4) is 0 Å². The van der Waals surface area contributed by atoms with E-state index in [-0.39, 0.29) is 24.5 Å². The van der Waals surface area contributed by atoms with Crippen molar-refractivity contribution in [2.24, 2.45) is 0 Å². The zero-order chi connectivity index (χ0) is 19.2. The zero-order valence-electron chi connectivity index (χ0n) is 15.6. The van der Waals surface area contributed by atoms with Gasteiger partial charge in [-0.2, -0.15) is 0 Å². The molecule has 1 heterocycles. The number of rotatable bonds is 6. The van der Waals surface area contributed by atoms with Gasteiger partial charge in [0.05, 0.1) is 26.2 Å². The predicted molar refractivity (Wildman–Crippen MR) is 103 cm³/mol. The van der Waals surface area contributed by atoms with Gasteiger partial charge in [0.1, 0.15) is 5.75 Å². The van der Waals surface area contributed by atoms with Gasteiger partial charge in [-0.3, -0.25) is 4.79 Å². The summed E-state index contributed by atoms with van der Waals surface area (Å²) < 4.78 is 10.2. The van der Waals surface area contributed by atoms with Gasteiger partial charge in [-0.05, 0) is 48.7 Å². The number of methoxy groups -OCH3 is 1. The largest absolute Gasteiger partial charge is 0.497 e. The van der Waals surface area contributed by atoms with Crippen LogP contribution >= 0.6 is 0 Å². The summed E-state index contributed by atoms with van der Waals surface area (Å²) in [7, 11) is 1.63. The molecule has 0 spiro atoms. The Morgan fingerprint density at radius 2 is 1.96 bits per heavy atom. The SMILES string of the molecule is CCOC(=O)Cc1ccc(NC(=O)N2CC[C@H]2c2cccc(OC)c2)cc1. The second-order valence-electron chi connectivity index (χ2n) is 6.38. The zero-order valence-corrected chi connectivity index (χ0v) is 15.6. The lowest BCUT2D eigenvalue weighted by Gasteiger charge is -2.41. The van der Waals surface area contributed by atoms with E-state index in [4.69, 9.17) is 9.47 Å². The van der Waals surface area contributed by atoms with E-state index in [9.17, 15) is 9.59 Å². The number of anilines is 1. The fraction of sp³-hybridized carbons (Fsp3) is 0.333. The number of likely N-dealkylation sites (tertiary alicyclic amines) is 1. The maximum absolute atomic E-state index is 12.6. The first-order valence-corrected chi connectivity index (χ1v) is 9.07. The predicted octanol–water partition coefficient (Wildman–Crippen LogP) is 3.78. The van der Waals surface area contributed by atoms with Crippen LogP contribution in [0, 0.1) is 0 Å². The molecule has 0 radical (unpaired) electrons. The van der Waals surface area contributed by atoms with Crippen LogP contribution in [-0.4, -0.2) is 37.2 Å². The summed E-state index contributed by atoms with van der Waals surface area (Å²) in [5, 5.41) is 2.92. The van der Waals surface area contributed by atoms with Gasteiger partial charge in [-0.1, -0.05) is 24.3 Å². The molecule has 0 aliphatic carbocycles. The number of carbonyl (C=O) groups is 2. The molecule has 0 saturated carbocycles. The first-order valence-electron chi connectivity index (χ1n) is 9.07. The fourth-order valence-corrected chi connectivity index (χ4v) is 3.11. The second kappa shape index (κ2) is 8.58. The summed E-state index contributed by atoms with van der Waals surface area (Å²) in [6.45, 7) is 2.87. The third kappa shape index (κ3) is 4.58. The Hall–Kier alpha value is -3.02. The number of benzene rings is 2. The van der Waals surface area contributed by atoms with Crippen molar-refractivity contribution in [2.45, 2.75) is 25.8 Å². The van der Waals surface area contributed by atoms with Crippen molar-refractivity contribution < 1.29 is 19.1 Å². The van der Waals surface area contributed by atoms with Crippen LogP contribution < -0.4 is 10.1 Å². The molecule has 1 N–H and O–H groups in total. The number of urea groups is 1. The van der Waals surface area contributed by atoms with Crippen molar-refractivity contribution >= 4 is 17.7 Å². The van der Waals surface area contributed by atoms with E-state index in [0.29, 0.717) is 18.8 Å². The highest BCUT2D eigenvalue weighted by Gasteiger charge is 2.33. The van der Waals surface area contributed by atoms with E-state index in [1.807, 2.05) is 36.4 Å². The van der Waals surface area contributed by atoms with Gasteiger partial charge in [-0.25, -0.2) is 4.79 Å². The molecule has 0 aromatic heterocycles. The van der Waals surface area contributed by atoms with Gasteiger partial charge in [0.2, 0.25) is 0 Å². The minimum Gasteiger partial charge on any atom is -0.497 e. The topological polar surface area (TPSA) is 67.9 Å². The van der Waals surface area contributed by atoms with Crippen molar-refractivity contribution in [3.63, 3.8) is 0 Å². The molecule has 1 fully saturated rings. The van der Waals surface area contributed by atoms with Crippen molar-refractivity contribution in [3.05, 3.63) is 59.7 Å². The normalized spacial score (nSPS) is 15.6. The van der Waals surface area contributed by atoms with Crippen LogP contribution in [0.4, 0.5) is 10.5 Å². The highest BCUT2D eigenvalue weighted by Crippen LogP contribution is 2.35. The van der Waals surface area contributed by atoms with Crippen LogP contribution in [-0.2, 0) is 16.0 Å². The Bertz CT molecular complexity index is 804. The van der Waals surface area contributed by atoms with Crippen molar-refractivity contribution in [3.8, 4) is 5.75 Å².